The van der Waals surface area contributed by atoms with Crippen LogP contribution in [0.4, 0.5) is 11.8 Å². The van der Waals surface area contributed by atoms with Crippen LogP contribution in [-0.4, -0.2) is 53.3 Å². The number of nitrogens with one attached hydrogen (secondary N) is 2. The lowest BCUT2D eigenvalue weighted by atomic mass is 10.3. The Balaban J connectivity index is 2.41. The number of hydrogen-bond donors (Lipinski definition) is 2. The largest absolute Gasteiger partial charge is 0.383 e. The fourth-order valence-corrected chi connectivity index (χ4v) is 1.87. The zero-order valence-corrected chi connectivity index (χ0v) is 11.8. The van der Waals surface area contributed by atoms with Gasteiger partial charge in [0, 0.05) is 20.7 Å². The number of aromatic amines is 1. The van der Waals surface area contributed by atoms with Crippen LogP contribution < -0.4 is 10.2 Å². The summed E-state index contributed by atoms with van der Waals surface area (Å²) < 4.78 is 5.19. The Kier molecular flexibility index (Phi) is 4.16. The Labute approximate surface area is 112 Å². The summed E-state index contributed by atoms with van der Waals surface area (Å²) in [6.45, 7) is 5.50. The van der Waals surface area contributed by atoms with Crippen LogP contribution in [0.25, 0.3) is 11.2 Å². The van der Waals surface area contributed by atoms with Crippen LogP contribution in [0.3, 0.4) is 0 Å². The summed E-state index contributed by atoms with van der Waals surface area (Å²) in [4.78, 5) is 18.3. The number of rotatable bonds is 6. The molecular formula is C12H20N6O. The van der Waals surface area contributed by atoms with Crippen molar-refractivity contribution in [2.24, 2.45) is 0 Å². The van der Waals surface area contributed by atoms with Gasteiger partial charge in [0.2, 0.25) is 5.95 Å². The highest BCUT2D eigenvalue weighted by Crippen LogP contribution is 2.23. The maximum absolute atomic E-state index is 5.19. The van der Waals surface area contributed by atoms with Gasteiger partial charge in [0.1, 0.15) is 5.52 Å². The molecule has 104 valence electrons. The minimum atomic E-state index is 0.209. The van der Waals surface area contributed by atoms with E-state index >= 15 is 0 Å². The summed E-state index contributed by atoms with van der Waals surface area (Å²) in [5.74, 6) is 1.41. The number of imidazole rings is 1. The Morgan fingerprint density at radius 1 is 1.47 bits per heavy atom. The SMILES string of the molecule is CCNc1nc(N(C)C(C)COC)c2[nH]cnc2n1. The van der Waals surface area contributed by atoms with Crippen LogP contribution in [-0.2, 0) is 4.74 Å². The highest BCUT2D eigenvalue weighted by atomic mass is 16.5. The standard InChI is InChI=1S/C12H20N6O/c1-5-13-12-16-10-9(14-7-15-10)11(17-12)18(3)8(2)6-19-4/h7-8H,5-6H2,1-4H3,(H2,13,14,15,16,17). The van der Waals surface area contributed by atoms with E-state index in [-0.39, 0.29) is 6.04 Å². The van der Waals surface area contributed by atoms with Gasteiger partial charge in [0.25, 0.3) is 0 Å². The molecule has 7 nitrogen and oxygen atoms in total. The molecule has 2 aromatic rings. The molecule has 19 heavy (non-hydrogen) atoms. The number of H-pyrrole nitrogens is 1. The summed E-state index contributed by atoms with van der Waals surface area (Å²) in [7, 11) is 3.68. The summed E-state index contributed by atoms with van der Waals surface area (Å²) in [6, 6.07) is 0.209. The number of ether oxygens (including phenoxy) is 1. The Morgan fingerprint density at radius 3 is 2.95 bits per heavy atom. The molecule has 0 radical (unpaired) electrons. The van der Waals surface area contributed by atoms with Crippen LogP contribution in [0, 0.1) is 0 Å². The van der Waals surface area contributed by atoms with Gasteiger partial charge >= 0.3 is 0 Å². The van der Waals surface area contributed by atoms with E-state index in [1.165, 1.54) is 0 Å². The molecule has 2 N–H and O–H groups in total. The minimum absolute atomic E-state index is 0.209. The van der Waals surface area contributed by atoms with Gasteiger partial charge in [0.15, 0.2) is 11.5 Å². The molecule has 2 heterocycles. The van der Waals surface area contributed by atoms with Crippen molar-refractivity contribution in [1.29, 1.82) is 0 Å². The van der Waals surface area contributed by atoms with Gasteiger partial charge in [-0.25, -0.2) is 4.98 Å². The molecule has 0 fully saturated rings. The molecule has 0 aromatic carbocycles. The number of nitrogens with zero attached hydrogens (tertiary/aromatic N) is 4. The molecule has 7 heteroatoms. The van der Waals surface area contributed by atoms with E-state index in [1.54, 1.807) is 13.4 Å². The fourth-order valence-electron chi connectivity index (χ4n) is 1.87. The van der Waals surface area contributed by atoms with Gasteiger partial charge in [-0.1, -0.05) is 0 Å². The molecule has 2 aromatic heterocycles. The first-order valence-electron chi connectivity index (χ1n) is 6.34. The number of likely N-dealkylation sites (N-methyl/N-ethyl adjacent to an activating group) is 1. The topological polar surface area (TPSA) is 79.0 Å². The third kappa shape index (κ3) is 2.76. The maximum atomic E-state index is 5.19. The van der Waals surface area contributed by atoms with Gasteiger partial charge in [-0.05, 0) is 13.8 Å². The van der Waals surface area contributed by atoms with Gasteiger partial charge < -0.3 is 19.9 Å². The molecule has 0 amide bonds. The Morgan fingerprint density at radius 2 is 2.26 bits per heavy atom. The molecular weight excluding hydrogens is 244 g/mol. The zero-order chi connectivity index (χ0) is 13.8. The van der Waals surface area contributed by atoms with Crippen LogP contribution in [0.5, 0.6) is 0 Å². The van der Waals surface area contributed by atoms with Crippen LogP contribution in [0.2, 0.25) is 0 Å². The monoisotopic (exact) mass is 264 g/mol. The average molecular weight is 264 g/mol. The number of methoxy groups -OCH3 is 1. The van der Waals surface area contributed by atoms with Crippen LogP contribution in [0.15, 0.2) is 6.33 Å². The summed E-state index contributed by atoms with van der Waals surface area (Å²) in [5, 5.41) is 3.12. The van der Waals surface area contributed by atoms with E-state index in [4.69, 9.17) is 4.74 Å². The lowest BCUT2D eigenvalue weighted by Gasteiger charge is -2.25. The fraction of sp³-hybridized carbons (Fsp3) is 0.583. The molecule has 0 saturated carbocycles. The van der Waals surface area contributed by atoms with Crippen molar-refractivity contribution >= 4 is 22.9 Å². The van der Waals surface area contributed by atoms with Crippen molar-refractivity contribution in [3.8, 4) is 0 Å². The van der Waals surface area contributed by atoms with Gasteiger partial charge in [0.05, 0.1) is 19.0 Å². The predicted molar refractivity (Wildman–Crippen MR) is 75.6 cm³/mol. The first kappa shape index (κ1) is 13.5. The van der Waals surface area contributed by atoms with E-state index in [0.29, 0.717) is 18.2 Å². The quantitative estimate of drug-likeness (QED) is 0.817. The maximum Gasteiger partial charge on any atom is 0.226 e. The lowest BCUT2D eigenvalue weighted by molar-refractivity contribution is 0.183. The molecule has 2 rings (SSSR count). The van der Waals surface area contributed by atoms with Crippen molar-refractivity contribution in [1.82, 2.24) is 19.9 Å². The second-order valence-electron chi connectivity index (χ2n) is 4.42. The smallest absolute Gasteiger partial charge is 0.226 e. The van der Waals surface area contributed by atoms with Crippen molar-refractivity contribution in [2.45, 2.75) is 19.9 Å². The van der Waals surface area contributed by atoms with Crippen LogP contribution in [0.1, 0.15) is 13.8 Å². The van der Waals surface area contributed by atoms with E-state index < -0.39 is 0 Å². The second-order valence-corrected chi connectivity index (χ2v) is 4.42. The number of aromatic nitrogens is 4. The Hall–Kier alpha value is -1.89. The first-order valence-corrected chi connectivity index (χ1v) is 6.34. The van der Waals surface area contributed by atoms with E-state index in [1.807, 2.05) is 14.0 Å². The van der Waals surface area contributed by atoms with Crippen molar-refractivity contribution in [3.63, 3.8) is 0 Å². The highest BCUT2D eigenvalue weighted by Gasteiger charge is 2.17. The van der Waals surface area contributed by atoms with Gasteiger partial charge in [-0.15, -0.1) is 0 Å². The van der Waals surface area contributed by atoms with Gasteiger partial charge in [-0.2, -0.15) is 9.97 Å². The zero-order valence-electron chi connectivity index (χ0n) is 11.8. The summed E-state index contributed by atoms with van der Waals surface area (Å²) >= 11 is 0. The molecule has 0 spiro atoms. The van der Waals surface area contributed by atoms with E-state index in [9.17, 15) is 0 Å². The second kappa shape index (κ2) is 5.83. The summed E-state index contributed by atoms with van der Waals surface area (Å²) in [6.07, 6.45) is 1.63. The van der Waals surface area contributed by atoms with Gasteiger partial charge in [-0.3, -0.25) is 0 Å². The van der Waals surface area contributed by atoms with Crippen molar-refractivity contribution in [3.05, 3.63) is 6.33 Å². The Bertz CT molecular complexity index is 540. The number of hydrogen-bond acceptors (Lipinski definition) is 6. The van der Waals surface area contributed by atoms with E-state index in [2.05, 4.69) is 37.1 Å². The highest BCUT2D eigenvalue weighted by molar-refractivity contribution is 5.84. The number of fused-ring (bicyclic) bond motifs is 1. The molecule has 0 bridgehead atoms. The molecule has 0 aliphatic rings. The van der Waals surface area contributed by atoms with E-state index in [0.717, 1.165) is 17.9 Å². The number of anilines is 2. The molecule has 0 saturated heterocycles. The van der Waals surface area contributed by atoms with Crippen LogP contribution >= 0.6 is 0 Å². The third-order valence-corrected chi connectivity index (χ3v) is 3.00. The van der Waals surface area contributed by atoms with Crippen molar-refractivity contribution in [2.75, 3.05) is 37.5 Å². The molecule has 0 aliphatic heterocycles. The molecule has 0 aliphatic carbocycles. The van der Waals surface area contributed by atoms with Crippen molar-refractivity contribution < 1.29 is 4.74 Å². The normalized spacial score (nSPS) is 12.6. The summed E-state index contributed by atoms with van der Waals surface area (Å²) in [5.41, 5.74) is 1.50. The minimum Gasteiger partial charge on any atom is -0.383 e. The lowest BCUT2D eigenvalue weighted by Crippen LogP contribution is -2.33. The molecule has 1 unspecified atom stereocenters. The average Bonchev–Trinajstić information content (AvgIpc) is 2.85. The molecule has 1 atom stereocenters. The first-order chi connectivity index (χ1) is 9.17. The predicted octanol–water partition coefficient (Wildman–Crippen LogP) is 1.26. The third-order valence-electron chi connectivity index (χ3n) is 3.00.